The zero-order valence-electron chi connectivity index (χ0n) is 13.6. The summed E-state index contributed by atoms with van der Waals surface area (Å²) in [6.07, 6.45) is 1.62. The first-order valence-electron chi connectivity index (χ1n) is 7.95. The van der Waals surface area contributed by atoms with Crippen LogP contribution in [0.3, 0.4) is 0 Å². The molecule has 132 valence electrons. The summed E-state index contributed by atoms with van der Waals surface area (Å²) in [7, 11) is 0. The monoisotopic (exact) mass is 369 g/mol. The van der Waals surface area contributed by atoms with Gasteiger partial charge in [-0.05, 0) is 23.8 Å². The Balaban J connectivity index is 1.43. The summed E-state index contributed by atoms with van der Waals surface area (Å²) < 4.78 is 5.60. The van der Waals surface area contributed by atoms with Gasteiger partial charge in [0, 0.05) is 5.69 Å². The number of aromatic nitrogens is 3. The van der Waals surface area contributed by atoms with E-state index in [9.17, 15) is 9.59 Å². The third-order valence-electron chi connectivity index (χ3n) is 3.93. The molecule has 0 radical (unpaired) electrons. The van der Waals surface area contributed by atoms with E-state index in [1.165, 1.54) is 18.1 Å². The van der Waals surface area contributed by atoms with Gasteiger partial charge < -0.3 is 15.1 Å². The van der Waals surface area contributed by atoms with Crippen LogP contribution in [0.25, 0.3) is 0 Å². The summed E-state index contributed by atoms with van der Waals surface area (Å²) >= 11 is 1.42. The Morgan fingerprint density at radius 3 is 3.04 bits per heavy atom. The Morgan fingerprint density at radius 2 is 2.19 bits per heavy atom. The molecule has 0 aliphatic carbocycles. The first-order chi connectivity index (χ1) is 12.7. The Labute approximate surface area is 152 Å². The van der Waals surface area contributed by atoms with Crippen LogP contribution < -0.4 is 10.6 Å². The van der Waals surface area contributed by atoms with Gasteiger partial charge in [0.05, 0.1) is 18.2 Å². The van der Waals surface area contributed by atoms with Gasteiger partial charge in [-0.2, -0.15) is 5.10 Å². The van der Waals surface area contributed by atoms with Crippen molar-refractivity contribution in [2.75, 3.05) is 5.32 Å². The minimum absolute atomic E-state index is 0.127. The van der Waals surface area contributed by atoms with Gasteiger partial charge in [0.1, 0.15) is 12.1 Å². The molecule has 26 heavy (non-hydrogen) atoms. The number of para-hydroxylation sites is 1. The number of furan rings is 1. The Kier molecular flexibility index (Phi) is 4.44. The lowest BCUT2D eigenvalue weighted by molar-refractivity contribution is -0.116. The van der Waals surface area contributed by atoms with Crippen LogP contribution in [0, 0.1) is 0 Å². The predicted octanol–water partition coefficient (Wildman–Crippen LogP) is 2.50. The Morgan fingerprint density at radius 1 is 1.31 bits per heavy atom. The molecule has 0 fully saturated rings. The van der Waals surface area contributed by atoms with Crippen LogP contribution in [0.15, 0.2) is 52.3 Å². The van der Waals surface area contributed by atoms with Crippen LogP contribution in [0.4, 0.5) is 5.69 Å². The van der Waals surface area contributed by atoms with Crippen LogP contribution >= 0.6 is 11.8 Å². The van der Waals surface area contributed by atoms with Crippen molar-refractivity contribution in [3.63, 3.8) is 0 Å². The number of benzene rings is 1. The standard InChI is InChI=1S/C17H15N5O3S/c23-15-7-13(11-3-1-2-4-12(11)20-15)21-16(24)14-6-5-10(25-14)8-26-17-18-9-19-22-17/h1-6,9,13H,7-8H2,(H,20,23)(H,21,24)(H,18,19,22)/t13-/m0/s1. The molecule has 0 unspecified atom stereocenters. The number of hydrogen-bond donors (Lipinski definition) is 3. The lowest BCUT2D eigenvalue weighted by Crippen LogP contribution is -2.35. The van der Waals surface area contributed by atoms with E-state index in [4.69, 9.17) is 4.42 Å². The maximum absolute atomic E-state index is 12.5. The molecule has 8 nitrogen and oxygen atoms in total. The molecule has 0 spiro atoms. The van der Waals surface area contributed by atoms with Crippen molar-refractivity contribution in [2.45, 2.75) is 23.4 Å². The second-order valence-corrected chi connectivity index (χ2v) is 6.67. The van der Waals surface area contributed by atoms with E-state index in [0.717, 1.165) is 11.3 Å². The molecule has 4 rings (SSSR count). The third kappa shape index (κ3) is 3.47. The molecule has 0 saturated heterocycles. The highest BCUT2D eigenvalue weighted by molar-refractivity contribution is 7.98. The van der Waals surface area contributed by atoms with E-state index in [0.29, 0.717) is 16.7 Å². The molecule has 3 N–H and O–H groups in total. The van der Waals surface area contributed by atoms with Crippen molar-refractivity contribution >= 4 is 29.3 Å². The summed E-state index contributed by atoms with van der Waals surface area (Å²) in [6, 6.07) is 10.4. The average Bonchev–Trinajstić information content (AvgIpc) is 3.31. The van der Waals surface area contributed by atoms with Gasteiger partial charge in [-0.25, -0.2) is 4.98 Å². The average molecular weight is 369 g/mol. The Bertz CT molecular complexity index is 938. The molecule has 0 bridgehead atoms. The lowest BCUT2D eigenvalue weighted by Gasteiger charge is -2.25. The molecule has 3 aromatic rings. The van der Waals surface area contributed by atoms with E-state index in [1.807, 2.05) is 24.3 Å². The first kappa shape index (κ1) is 16.4. The fourth-order valence-corrected chi connectivity index (χ4v) is 3.42. The number of carbonyl (C=O) groups is 2. The summed E-state index contributed by atoms with van der Waals surface area (Å²) in [5.41, 5.74) is 1.60. The van der Waals surface area contributed by atoms with Crippen molar-refractivity contribution in [1.82, 2.24) is 20.5 Å². The molecule has 0 saturated carbocycles. The number of nitrogens with one attached hydrogen (secondary N) is 3. The second kappa shape index (κ2) is 7.04. The lowest BCUT2D eigenvalue weighted by atomic mass is 9.97. The molecule has 1 atom stereocenters. The zero-order valence-corrected chi connectivity index (χ0v) is 14.4. The number of amides is 2. The van der Waals surface area contributed by atoms with Crippen LogP contribution in [-0.2, 0) is 10.5 Å². The van der Waals surface area contributed by atoms with Gasteiger partial charge in [0.25, 0.3) is 5.91 Å². The van der Waals surface area contributed by atoms with Crippen molar-refractivity contribution in [1.29, 1.82) is 0 Å². The van der Waals surface area contributed by atoms with Gasteiger partial charge in [0.15, 0.2) is 10.9 Å². The Hall–Kier alpha value is -3.07. The second-order valence-electron chi connectivity index (χ2n) is 5.71. The van der Waals surface area contributed by atoms with Crippen LogP contribution in [0.1, 0.15) is 34.3 Å². The van der Waals surface area contributed by atoms with Gasteiger partial charge >= 0.3 is 0 Å². The number of rotatable bonds is 5. The predicted molar refractivity (Wildman–Crippen MR) is 94.5 cm³/mol. The number of aromatic amines is 1. The highest BCUT2D eigenvalue weighted by Crippen LogP contribution is 2.30. The molecule has 1 aliphatic rings. The SMILES string of the molecule is O=C1C[C@H](NC(=O)c2ccc(CSc3ncn[nH]3)o2)c2ccccc2N1. The van der Waals surface area contributed by atoms with Crippen molar-refractivity contribution < 1.29 is 14.0 Å². The number of carbonyl (C=O) groups excluding carboxylic acids is 2. The number of thioether (sulfide) groups is 1. The zero-order chi connectivity index (χ0) is 17.9. The number of fused-ring (bicyclic) bond motifs is 1. The molecule has 3 heterocycles. The maximum Gasteiger partial charge on any atom is 0.287 e. The molecule has 2 amide bonds. The van der Waals surface area contributed by atoms with Crippen LogP contribution in [-0.4, -0.2) is 27.0 Å². The first-order valence-corrected chi connectivity index (χ1v) is 8.94. The molecule has 1 aromatic carbocycles. The summed E-state index contributed by atoms with van der Waals surface area (Å²) in [4.78, 5) is 28.4. The van der Waals surface area contributed by atoms with Gasteiger partial charge in [-0.3, -0.25) is 14.7 Å². The van der Waals surface area contributed by atoms with E-state index in [2.05, 4.69) is 25.8 Å². The minimum Gasteiger partial charge on any atom is -0.455 e. The summed E-state index contributed by atoms with van der Waals surface area (Å²) in [5, 5.41) is 12.9. The fourth-order valence-electron chi connectivity index (χ4n) is 2.75. The minimum atomic E-state index is -0.385. The van der Waals surface area contributed by atoms with E-state index in [1.54, 1.807) is 12.1 Å². The van der Waals surface area contributed by atoms with Crippen molar-refractivity contribution in [3.05, 3.63) is 59.8 Å². The van der Waals surface area contributed by atoms with Crippen LogP contribution in [0.2, 0.25) is 0 Å². The van der Waals surface area contributed by atoms with E-state index in [-0.39, 0.29) is 30.0 Å². The van der Waals surface area contributed by atoms with Crippen LogP contribution in [0.5, 0.6) is 0 Å². The third-order valence-corrected chi connectivity index (χ3v) is 4.83. The number of anilines is 1. The number of hydrogen-bond acceptors (Lipinski definition) is 6. The summed E-state index contributed by atoms with van der Waals surface area (Å²) in [6.45, 7) is 0. The molecule has 1 aliphatic heterocycles. The van der Waals surface area contributed by atoms with Gasteiger partial charge in [0.2, 0.25) is 5.91 Å². The molecule has 9 heteroatoms. The topological polar surface area (TPSA) is 113 Å². The van der Waals surface area contributed by atoms with E-state index >= 15 is 0 Å². The number of H-pyrrole nitrogens is 1. The highest BCUT2D eigenvalue weighted by atomic mass is 32.2. The van der Waals surface area contributed by atoms with Crippen molar-refractivity contribution in [3.8, 4) is 0 Å². The van der Waals surface area contributed by atoms with Crippen molar-refractivity contribution in [2.24, 2.45) is 0 Å². The smallest absolute Gasteiger partial charge is 0.287 e. The fraction of sp³-hybridized carbons (Fsp3) is 0.176. The molecule has 2 aromatic heterocycles. The maximum atomic E-state index is 12.5. The van der Waals surface area contributed by atoms with Gasteiger partial charge in [-0.15, -0.1) is 0 Å². The quantitative estimate of drug-likeness (QED) is 0.596. The van der Waals surface area contributed by atoms with Gasteiger partial charge in [-0.1, -0.05) is 30.0 Å². The largest absolute Gasteiger partial charge is 0.455 e. The number of nitrogens with zero attached hydrogens (tertiary/aromatic N) is 2. The molecular formula is C17H15N5O3S. The summed E-state index contributed by atoms with van der Waals surface area (Å²) in [5.74, 6) is 0.907. The normalized spacial score (nSPS) is 16.0. The van der Waals surface area contributed by atoms with E-state index < -0.39 is 0 Å². The molecular weight excluding hydrogens is 354 g/mol. The highest BCUT2D eigenvalue weighted by Gasteiger charge is 2.27.